The van der Waals surface area contributed by atoms with E-state index in [0.717, 1.165) is 23.7 Å². The van der Waals surface area contributed by atoms with E-state index in [4.69, 9.17) is 5.26 Å². The van der Waals surface area contributed by atoms with Crippen LogP contribution in [0.1, 0.15) is 37.3 Å². The molecule has 6 nitrogen and oxygen atoms in total. The van der Waals surface area contributed by atoms with Crippen molar-refractivity contribution < 1.29 is 4.92 Å². The average molecular weight is 256 g/mol. The molecule has 96 valence electrons. The SMILES string of the molecule is N#Cc1cc2c(cnn2C2CCCC2)cc1[N+](=O)[O-]. The number of nitro benzene ring substituents is 1. The maximum absolute atomic E-state index is 10.9. The Morgan fingerprint density at radius 2 is 2.16 bits per heavy atom. The Balaban J connectivity index is 2.18. The van der Waals surface area contributed by atoms with Gasteiger partial charge in [-0.05, 0) is 18.9 Å². The molecular formula is C13H12N4O2. The lowest BCUT2D eigenvalue weighted by atomic mass is 10.1. The third kappa shape index (κ3) is 1.83. The number of nitro groups is 1. The Morgan fingerprint density at radius 1 is 1.42 bits per heavy atom. The zero-order valence-electron chi connectivity index (χ0n) is 10.2. The van der Waals surface area contributed by atoms with Gasteiger partial charge in [-0.3, -0.25) is 14.8 Å². The summed E-state index contributed by atoms with van der Waals surface area (Å²) in [4.78, 5) is 10.4. The van der Waals surface area contributed by atoms with E-state index in [0.29, 0.717) is 6.04 Å². The van der Waals surface area contributed by atoms with Crippen LogP contribution in [0.3, 0.4) is 0 Å². The summed E-state index contributed by atoms with van der Waals surface area (Å²) in [6, 6.07) is 5.27. The minimum absolute atomic E-state index is 0.0947. The maximum atomic E-state index is 10.9. The van der Waals surface area contributed by atoms with Crippen molar-refractivity contribution in [1.82, 2.24) is 9.78 Å². The summed E-state index contributed by atoms with van der Waals surface area (Å²) in [7, 11) is 0. The standard InChI is InChI=1S/C13H12N4O2/c14-7-9-5-12-10(6-13(9)17(18)19)8-15-16(12)11-3-1-2-4-11/h5-6,8,11H,1-4H2. The molecule has 1 saturated carbocycles. The van der Waals surface area contributed by atoms with Crippen LogP contribution in [0.15, 0.2) is 18.3 Å². The van der Waals surface area contributed by atoms with Gasteiger partial charge in [0.1, 0.15) is 11.6 Å². The minimum atomic E-state index is -0.523. The first kappa shape index (κ1) is 11.7. The van der Waals surface area contributed by atoms with Crippen LogP contribution in [-0.4, -0.2) is 14.7 Å². The van der Waals surface area contributed by atoms with Gasteiger partial charge in [-0.15, -0.1) is 0 Å². The molecule has 0 bridgehead atoms. The van der Waals surface area contributed by atoms with Crippen molar-refractivity contribution >= 4 is 16.6 Å². The lowest BCUT2D eigenvalue weighted by Crippen LogP contribution is -2.06. The molecule has 0 radical (unpaired) electrons. The zero-order chi connectivity index (χ0) is 13.4. The van der Waals surface area contributed by atoms with E-state index in [1.807, 2.05) is 10.8 Å². The van der Waals surface area contributed by atoms with Crippen molar-refractivity contribution in [2.45, 2.75) is 31.7 Å². The molecule has 1 fully saturated rings. The van der Waals surface area contributed by atoms with Crippen LogP contribution in [0.25, 0.3) is 10.9 Å². The van der Waals surface area contributed by atoms with Crippen molar-refractivity contribution in [3.8, 4) is 6.07 Å². The van der Waals surface area contributed by atoms with Crippen molar-refractivity contribution in [2.24, 2.45) is 0 Å². The molecule has 0 unspecified atom stereocenters. The highest BCUT2D eigenvalue weighted by molar-refractivity contribution is 5.84. The Bertz CT molecular complexity index is 692. The van der Waals surface area contributed by atoms with E-state index < -0.39 is 4.92 Å². The summed E-state index contributed by atoms with van der Waals surface area (Å²) >= 11 is 0. The summed E-state index contributed by atoms with van der Waals surface area (Å²) in [5.74, 6) is 0. The first-order chi connectivity index (χ1) is 9.20. The number of rotatable bonds is 2. The fourth-order valence-corrected chi connectivity index (χ4v) is 2.76. The molecule has 0 saturated heterocycles. The molecular weight excluding hydrogens is 244 g/mol. The van der Waals surface area contributed by atoms with Crippen LogP contribution in [-0.2, 0) is 0 Å². The number of benzene rings is 1. The number of fused-ring (bicyclic) bond motifs is 1. The fourth-order valence-electron chi connectivity index (χ4n) is 2.76. The molecule has 3 rings (SSSR count). The Morgan fingerprint density at radius 3 is 2.79 bits per heavy atom. The van der Waals surface area contributed by atoms with Crippen LogP contribution in [0.4, 0.5) is 5.69 Å². The van der Waals surface area contributed by atoms with Gasteiger partial charge < -0.3 is 0 Å². The molecule has 2 aromatic rings. The highest BCUT2D eigenvalue weighted by Gasteiger charge is 2.22. The van der Waals surface area contributed by atoms with Crippen LogP contribution in [0, 0.1) is 21.4 Å². The molecule has 1 heterocycles. The summed E-state index contributed by atoms with van der Waals surface area (Å²) in [6.07, 6.45) is 6.17. The van der Waals surface area contributed by atoms with E-state index in [2.05, 4.69) is 5.10 Å². The second kappa shape index (κ2) is 4.35. The number of hydrogen-bond donors (Lipinski definition) is 0. The minimum Gasteiger partial charge on any atom is -0.262 e. The van der Waals surface area contributed by atoms with Gasteiger partial charge in [0.2, 0.25) is 0 Å². The first-order valence-electron chi connectivity index (χ1n) is 6.26. The molecule has 1 aliphatic carbocycles. The van der Waals surface area contributed by atoms with Gasteiger partial charge in [-0.25, -0.2) is 0 Å². The topological polar surface area (TPSA) is 84.8 Å². The summed E-state index contributed by atoms with van der Waals surface area (Å²) in [5.41, 5.74) is 0.757. The second-order valence-electron chi connectivity index (χ2n) is 4.82. The van der Waals surface area contributed by atoms with E-state index in [-0.39, 0.29) is 11.3 Å². The summed E-state index contributed by atoms with van der Waals surface area (Å²) in [6.45, 7) is 0. The van der Waals surface area contributed by atoms with Crippen molar-refractivity contribution in [3.05, 3.63) is 34.0 Å². The molecule has 19 heavy (non-hydrogen) atoms. The van der Waals surface area contributed by atoms with Crippen LogP contribution < -0.4 is 0 Å². The van der Waals surface area contributed by atoms with Crippen molar-refractivity contribution in [3.63, 3.8) is 0 Å². The quantitative estimate of drug-likeness (QED) is 0.610. The lowest BCUT2D eigenvalue weighted by Gasteiger charge is -2.11. The third-order valence-corrected chi connectivity index (χ3v) is 3.70. The van der Waals surface area contributed by atoms with E-state index >= 15 is 0 Å². The number of hydrogen-bond acceptors (Lipinski definition) is 4. The maximum Gasteiger partial charge on any atom is 0.287 e. The second-order valence-corrected chi connectivity index (χ2v) is 4.82. The molecule has 1 aromatic carbocycles. The predicted octanol–water partition coefficient (Wildman–Crippen LogP) is 2.93. The molecule has 0 spiro atoms. The lowest BCUT2D eigenvalue weighted by molar-refractivity contribution is -0.385. The normalized spacial score (nSPS) is 15.7. The van der Waals surface area contributed by atoms with Gasteiger partial charge in [-0.1, -0.05) is 12.8 Å². The van der Waals surface area contributed by atoms with Gasteiger partial charge in [0, 0.05) is 11.5 Å². The Kier molecular flexibility index (Phi) is 2.67. The van der Waals surface area contributed by atoms with Gasteiger partial charge in [0.15, 0.2) is 0 Å². The fraction of sp³-hybridized carbons (Fsp3) is 0.385. The number of nitriles is 1. The van der Waals surface area contributed by atoms with Gasteiger partial charge in [0.25, 0.3) is 5.69 Å². The van der Waals surface area contributed by atoms with Crippen LogP contribution in [0.5, 0.6) is 0 Å². The molecule has 0 N–H and O–H groups in total. The highest BCUT2D eigenvalue weighted by Crippen LogP contribution is 2.33. The smallest absolute Gasteiger partial charge is 0.262 e. The van der Waals surface area contributed by atoms with E-state index in [1.165, 1.54) is 18.9 Å². The van der Waals surface area contributed by atoms with Crippen LogP contribution in [0.2, 0.25) is 0 Å². The Hall–Kier alpha value is -2.42. The highest BCUT2D eigenvalue weighted by atomic mass is 16.6. The van der Waals surface area contributed by atoms with E-state index in [9.17, 15) is 10.1 Å². The van der Waals surface area contributed by atoms with Crippen molar-refractivity contribution in [2.75, 3.05) is 0 Å². The molecule has 1 aromatic heterocycles. The van der Waals surface area contributed by atoms with E-state index in [1.54, 1.807) is 12.3 Å². The predicted molar refractivity (Wildman–Crippen MR) is 68.6 cm³/mol. The first-order valence-corrected chi connectivity index (χ1v) is 6.26. The Labute approximate surface area is 109 Å². The van der Waals surface area contributed by atoms with Gasteiger partial charge in [0.05, 0.1) is 22.7 Å². The molecule has 6 heteroatoms. The molecule has 1 aliphatic rings. The van der Waals surface area contributed by atoms with Gasteiger partial charge in [-0.2, -0.15) is 10.4 Å². The zero-order valence-corrected chi connectivity index (χ0v) is 10.2. The number of aromatic nitrogens is 2. The average Bonchev–Trinajstić information content (AvgIpc) is 3.05. The molecule has 0 amide bonds. The largest absolute Gasteiger partial charge is 0.287 e. The third-order valence-electron chi connectivity index (χ3n) is 3.70. The summed E-state index contributed by atoms with van der Waals surface area (Å²) in [5, 5.41) is 25.0. The molecule has 0 aliphatic heterocycles. The van der Waals surface area contributed by atoms with Crippen LogP contribution >= 0.6 is 0 Å². The van der Waals surface area contributed by atoms with Crippen molar-refractivity contribution in [1.29, 1.82) is 5.26 Å². The summed E-state index contributed by atoms with van der Waals surface area (Å²) < 4.78 is 1.91. The van der Waals surface area contributed by atoms with Gasteiger partial charge >= 0.3 is 0 Å². The monoisotopic (exact) mass is 256 g/mol. The molecule has 0 atom stereocenters. The number of nitrogens with zero attached hydrogens (tertiary/aromatic N) is 4.